The van der Waals surface area contributed by atoms with Crippen LogP contribution in [0.4, 0.5) is 4.39 Å². The van der Waals surface area contributed by atoms with Gasteiger partial charge in [-0.05, 0) is 12.0 Å². The quantitative estimate of drug-likeness (QED) is 0.510. The van der Waals surface area contributed by atoms with Crippen LogP contribution in [-0.4, -0.2) is 12.0 Å². The van der Waals surface area contributed by atoms with Crippen LogP contribution < -0.4 is 0 Å². The fourth-order valence-electron chi connectivity index (χ4n) is 0.820. The zero-order chi connectivity index (χ0) is 7.56. The van der Waals surface area contributed by atoms with Crippen molar-refractivity contribution >= 4 is 12.0 Å². The first-order valence-corrected chi connectivity index (χ1v) is 3.18. The fraction of sp³-hybridized carbons (Fsp3) is 0.429. The Morgan fingerprint density at radius 2 is 2.50 bits per heavy atom. The molecule has 0 spiro atoms. The van der Waals surface area contributed by atoms with Gasteiger partial charge in [0, 0.05) is 6.42 Å². The number of nitrogens with zero attached hydrogens (tertiary/aromatic N) is 1. The van der Waals surface area contributed by atoms with Crippen LogP contribution in [0.25, 0.3) is 0 Å². The van der Waals surface area contributed by atoms with Crippen molar-refractivity contribution in [3.63, 3.8) is 0 Å². The van der Waals surface area contributed by atoms with Crippen LogP contribution in [-0.2, 0) is 4.79 Å². The van der Waals surface area contributed by atoms with Crippen LogP contribution in [0.15, 0.2) is 16.5 Å². The van der Waals surface area contributed by atoms with Gasteiger partial charge in [0.05, 0.1) is 6.21 Å². The van der Waals surface area contributed by atoms with Crippen molar-refractivity contribution in [3.05, 3.63) is 11.5 Å². The van der Waals surface area contributed by atoms with E-state index in [4.69, 9.17) is 0 Å². The van der Waals surface area contributed by atoms with E-state index in [1.54, 1.807) is 0 Å². The van der Waals surface area contributed by atoms with Gasteiger partial charge in [0.15, 0.2) is 5.78 Å². The van der Waals surface area contributed by atoms with Gasteiger partial charge in [0.2, 0.25) is 5.95 Å². The van der Waals surface area contributed by atoms with Crippen LogP contribution in [0.3, 0.4) is 0 Å². The SMILES string of the molecule is CCC1=C(F)N=CC(=O)C1. The average molecular weight is 141 g/mol. The molecule has 0 fully saturated rings. The minimum Gasteiger partial charge on any atom is -0.293 e. The van der Waals surface area contributed by atoms with Gasteiger partial charge < -0.3 is 0 Å². The molecule has 0 unspecified atom stereocenters. The first kappa shape index (κ1) is 7.12. The summed E-state index contributed by atoms with van der Waals surface area (Å²) in [5, 5.41) is 0. The first-order chi connectivity index (χ1) is 4.74. The standard InChI is InChI=1S/C7H8FNO/c1-2-5-3-6(10)4-9-7(5)8/h4H,2-3H2,1H3. The molecule has 0 N–H and O–H groups in total. The van der Waals surface area contributed by atoms with Gasteiger partial charge in [-0.2, -0.15) is 4.39 Å². The molecule has 1 aliphatic heterocycles. The highest BCUT2D eigenvalue weighted by molar-refractivity contribution is 6.29. The van der Waals surface area contributed by atoms with Crippen molar-refractivity contribution in [2.45, 2.75) is 19.8 Å². The molecule has 0 atom stereocenters. The number of hydrogen-bond donors (Lipinski definition) is 0. The number of carbonyl (C=O) groups excluding carboxylic acids is 1. The number of ketones is 1. The average Bonchev–Trinajstić information content (AvgIpc) is 1.94. The molecular weight excluding hydrogens is 133 g/mol. The number of allylic oxidation sites excluding steroid dienone is 1. The molecule has 1 heterocycles. The highest BCUT2D eigenvalue weighted by Crippen LogP contribution is 2.18. The largest absolute Gasteiger partial charge is 0.293 e. The van der Waals surface area contributed by atoms with Crippen LogP contribution in [0.2, 0.25) is 0 Å². The first-order valence-electron chi connectivity index (χ1n) is 3.18. The summed E-state index contributed by atoms with van der Waals surface area (Å²) in [5.41, 5.74) is 0.507. The van der Waals surface area contributed by atoms with Gasteiger partial charge in [-0.1, -0.05) is 6.92 Å². The van der Waals surface area contributed by atoms with Crippen molar-refractivity contribution in [1.82, 2.24) is 0 Å². The molecule has 1 rings (SSSR count). The lowest BCUT2D eigenvalue weighted by Crippen LogP contribution is -2.06. The van der Waals surface area contributed by atoms with E-state index in [1.165, 1.54) is 0 Å². The summed E-state index contributed by atoms with van der Waals surface area (Å²) in [5.74, 6) is -0.597. The topological polar surface area (TPSA) is 29.4 Å². The zero-order valence-corrected chi connectivity index (χ0v) is 5.72. The van der Waals surface area contributed by atoms with Crippen LogP contribution in [0, 0.1) is 0 Å². The summed E-state index contributed by atoms with van der Waals surface area (Å²) in [4.78, 5) is 13.9. The second-order valence-corrected chi connectivity index (χ2v) is 2.15. The maximum absolute atomic E-state index is 12.6. The normalized spacial score (nSPS) is 18.4. The van der Waals surface area contributed by atoms with Gasteiger partial charge >= 0.3 is 0 Å². The molecule has 1 aliphatic rings. The highest BCUT2D eigenvalue weighted by atomic mass is 19.1. The fourth-order valence-corrected chi connectivity index (χ4v) is 0.820. The summed E-state index contributed by atoms with van der Waals surface area (Å²) in [6.07, 6.45) is 1.80. The summed E-state index contributed by atoms with van der Waals surface area (Å²) >= 11 is 0. The van der Waals surface area contributed by atoms with E-state index >= 15 is 0 Å². The molecule has 0 aromatic carbocycles. The van der Waals surface area contributed by atoms with Crippen molar-refractivity contribution < 1.29 is 9.18 Å². The lowest BCUT2D eigenvalue weighted by molar-refractivity contribution is -0.112. The molecule has 0 radical (unpaired) electrons. The third-order valence-electron chi connectivity index (χ3n) is 1.43. The van der Waals surface area contributed by atoms with Crippen LogP contribution >= 0.6 is 0 Å². The summed E-state index contributed by atoms with van der Waals surface area (Å²) in [6, 6.07) is 0. The second kappa shape index (κ2) is 2.73. The van der Waals surface area contributed by atoms with Crippen molar-refractivity contribution in [2.24, 2.45) is 4.99 Å². The second-order valence-electron chi connectivity index (χ2n) is 2.15. The third kappa shape index (κ3) is 1.29. The molecule has 0 saturated heterocycles. The molecule has 0 aliphatic carbocycles. The number of aliphatic imine (C=N–C) groups is 1. The van der Waals surface area contributed by atoms with Crippen LogP contribution in [0.5, 0.6) is 0 Å². The molecular formula is C7H8FNO. The highest BCUT2D eigenvalue weighted by Gasteiger charge is 2.12. The van der Waals surface area contributed by atoms with Crippen molar-refractivity contribution in [1.29, 1.82) is 0 Å². The number of hydrogen-bond acceptors (Lipinski definition) is 2. The van der Waals surface area contributed by atoms with Crippen LogP contribution in [0.1, 0.15) is 19.8 Å². The molecule has 10 heavy (non-hydrogen) atoms. The minimum absolute atomic E-state index is 0.113. The number of Topliss-reactive ketones (excluding diaryl/α,β-unsaturated/α-hetero) is 1. The Kier molecular flexibility index (Phi) is 1.94. The third-order valence-corrected chi connectivity index (χ3v) is 1.43. The Morgan fingerprint density at radius 1 is 1.80 bits per heavy atom. The molecule has 2 nitrogen and oxygen atoms in total. The smallest absolute Gasteiger partial charge is 0.212 e. The minimum atomic E-state index is -0.484. The summed E-state index contributed by atoms with van der Waals surface area (Å²) in [7, 11) is 0. The Balaban J connectivity index is 2.84. The van der Waals surface area contributed by atoms with E-state index < -0.39 is 5.95 Å². The van der Waals surface area contributed by atoms with Crippen molar-refractivity contribution in [3.8, 4) is 0 Å². The summed E-state index contributed by atoms with van der Waals surface area (Å²) < 4.78 is 12.6. The maximum Gasteiger partial charge on any atom is 0.212 e. The molecule has 3 heteroatoms. The predicted molar refractivity (Wildman–Crippen MR) is 36.5 cm³/mol. The molecule has 0 aromatic heterocycles. The number of rotatable bonds is 1. The Hall–Kier alpha value is -0.990. The van der Waals surface area contributed by atoms with Gasteiger partial charge in [0.25, 0.3) is 0 Å². The van der Waals surface area contributed by atoms with Crippen molar-refractivity contribution in [2.75, 3.05) is 0 Å². The lowest BCUT2D eigenvalue weighted by atomic mass is 10.1. The van der Waals surface area contributed by atoms with E-state index in [1.807, 2.05) is 6.92 Å². The molecule has 0 saturated carbocycles. The predicted octanol–water partition coefficient (Wildman–Crippen LogP) is 1.62. The summed E-state index contributed by atoms with van der Waals surface area (Å²) in [6.45, 7) is 1.81. The van der Waals surface area contributed by atoms with Gasteiger partial charge in [-0.3, -0.25) is 4.79 Å². The maximum atomic E-state index is 12.6. The zero-order valence-electron chi connectivity index (χ0n) is 5.72. The van der Waals surface area contributed by atoms with E-state index in [-0.39, 0.29) is 12.2 Å². The van der Waals surface area contributed by atoms with Gasteiger partial charge in [-0.15, -0.1) is 0 Å². The Morgan fingerprint density at radius 3 is 3.00 bits per heavy atom. The molecule has 0 amide bonds. The monoisotopic (exact) mass is 141 g/mol. The van der Waals surface area contributed by atoms with Gasteiger partial charge in [-0.25, -0.2) is 4.99 Å². The van der Waals surface area contributed by atoms with E-state index in [0.29, 0.717) is 12.0 Å². The Labute approximate surface area is 58.5 Å². The van der Waals surface area contributed by atoms with E-state index in [0.717, 1.165) is 6.21 Å². The number of carbonyl (C=O) groups is 1. The van der Waals surface area contributed by atoms with E-state index in [9.17, 15) is 9.18 Å². The Bertz CT molecular complexity index is 218. The lowest BCUT2D eigenvalue weighted by Gasteiger charge is -2.04. The van der Waals surface area contributed by atoms with E-state index in [2.05, 4.69) is 4.99 Å². The molecule has 0 bridgehead atoms. The molecule has 0 aromatic rings. The van der Waals surface area contributed by atoms with Gasteiger partial charge in [0.1, 0.15) is 0 Å². The number of halogens is 1. The molecule has 54 valence electrons.